The Bertz CT molecular complexity index is 1120. The van der Waals surface area contributed by atoms with Crippen molar-refractivity contribution in [2.24, 2.45) is 0 Å². The number of hydrogen-bond acceptors (Lipinski definition) is 3. The van der Waals surface area contributed by atoms with Gasteiger partial charge in [-0.25, -0.2) is 0 Å². The molecule has 1 aliphatic heterocycles. The van der Waals surface area contributed by atoms with Crippen molar-refractivity contribution < 1.29 is 9.59 Å². The minimum absolute atomic E-state index is 0.111. The standard InChI is InChI=1S/C22H18ClN3O2/c23-17-8-13-7-14(11-24-19(13)9-16(17)12-5-6-12)22(28)26-20-10-21(27)25-18-4-2-1-3-15(18)20/h1-4,7-9,11-12,20H,5-6,10H2,(H,25,27)(H,26,28). The number of carbonyl (C=O) groups excluding carboxylic acids is 2. The van der Waals surface area contributed by atoms with Gasteiger partial charge >= 0.3 is 0 Å². The first-order valence-corrected chi connectivity index (χ1v) is 9.75. The molecule has 3 aromatic rings. The van der Waals surface area contributed by atoms with Gasteiger partial charge in [0, 0.05) is 22.3 Å². The maximum atomic E-state index is 12.8. The lowest BCUT2D eigenvalue weighted by molar-refractivity contribution is -0.116. The first-order chi connectivity index (χ1) is 13.6. The van der Waals surface area contributed by atoms with E-state index in [1.54, 1.807) is 12.3 Å². The Hall–Kier alpha value is -2.92. The molecule has 140 valence electrons. The third-order valence-electron chi connectivity index (χ3n) is 5.38. The van der Waals surface area contributed by atoms with Crippen molar-refractivity contribution in [1.82, 2.24) is 10.3 Å². The van der Waals surface area contributed by atoms with Crippen molar-refractivity contribution in [2.45, 2.75) is 31.2 Å². The SMILES string of the molecule is O=C1CC(NC(=O)c2cnc3cc(C4CC4)c(Cl)cc3c2)c2ccccc2N1. The van der Waals surface area contributed by atoms with Gasteiger partial charge in [0.15, 0.2) is 0 Å². The summed E-state index contributed by atoms with van der Waals surface area (Å²) in [6.07, 6.45) is 4.13. The van der Waals surface area contributed by atoms with Crippen LogP contribution in [0, 0.1) is 0 Å². The van der Waals surface area contributed by atoms with Gasteiger partial charge in [-0.05, 0) is 54.2 Å². The number of fused-ring (bicyclic) bond motifs is 2. The van der Waals surface area contributed by atoms with Crippen molar-refractivity contribution in [3.05, 3.63) is 70.4 Å². The van der Waals surface area contributed by atoms with Gasteiger partial charge in [-0.1, -0.05) is 29.8 Å². The normalized spacial score (nSPS) is 18.5. The third kappa shape index (κ3) is 3.12. The van der Waals surface area contributed by atoms with E-state index in [2.05, 4.69) is 15.6 Å². The number of carbonyl (C=O) groups is 2. The average molecular weight is 392 g/mol. The molecular weight excluding hydrogens is 374 g/mol. The fraction of sp³-hybridized carbons (Fsp3) is 0.227. The van der Waals surface area contributed by atoms with Gasteiger partial charge in [0.1, 0.15) is 0 Å². The van der Waals surface area contributed by atoms with Crippen molar-refractivity contribution >= 4 is 40.0 Å². The molecule has 2 aliphatic rings. The molecule has 1 fully saturated rings. The highest BCUT2D eigenvalue weighted by molar-refractivity contribution is 6.32. The number of pyridine rings is 1. The molecule has 0 radical (unpaired) electrons. The minimum Gasteiger partial charge on any atom is -0.345 e. The zero-order chi connectivity index (χ0) is 19.3. The summed E-state index contributed by atoms with van der Waals surface area (Å²) in [7, 11) is 0. The summed E-state index contributed by atoms with van der Waals surface area (Å²) in [5.41, 5.74) is 4.07. The van der Waals surface area contributed by atoms with Crippen molar-refractivity contribution in [1.29, 1.82) is 0 Å². The summed E-state index contributed by atoms with van der Waals surface area (Å²) in [6.45, 7) is 0. The zero-order valence-electron chi connectivity index (χ0n) is 15.0. The topological polar surface area (TPSA) is 71.1 Å². The molecule has 1 unspecified atom stereocenters. The summed E-state index contributed by atoms with van der Waals surface area (Å²) >= 11 is 6.43. The van der Waals surface area contributed by atoms with E-state index in [4.69, 9.17) is 11.6 Å². The van der Waals surface area contributed by atoms with Crippen LogP contribution in [-0.4, -0.2) is 16.8 Å². The molecule has 1 saturated carbocycles. The molecule has 1 aromatic heterocycles. The molecule has 2 aromatic carbocycles. The van der Waals surface area contributed by atoms with Crippen molar-refractivity contribution in [3.63, 3.8) is 0 Å². The first-order valence-electron chi connectivity index (χ1n) is 9.37. The molecule has 5 rings (SSSR count). The van der Waals surface area contributed by atoms with E-state index in [-0.39, 0.29) is 24.3 Å². The van der Waals surface area contributed by atoms with Crippen LogP contribution in [0.2, 0.25) is 5.02 Å². The van der Waals surface area contributed by atoms with Crippen LogP contribution in [0.25, 0.3) is 10.9 Å². The lowest BCUT2D eigenvalue weighted by atomic mass is 9.97. The number of rotatable bonds is 3. The highest BCUT2D eigenvalue weighted by Crippen LogP contribution is 2.44. The molecule has 2 N–H and O–H groups in total. The van der Waals surface area contributed by atoms with Crippen LogP contribution in [0.1, 0.15) is 52.7 Å². The second-order valence-corrected chi connectivity index (χ2v) is 7.84. The van der Waals surface area contributed by atoms with Gasteiger partial charge in [0.2, 0.25) is 5.91 Å². The molecule has 6 heteroatoms. The molecule has 1 atom stereocenters. The Morgan fingerprint density at radius 2 is 1.96 bits per heavy atom. The summed E-state index contributed by atoms with van der Waals surface area (Å²) in [5, 5.41) is 7.37. The van der Waals surface area contributed by atoms with E-state index in [0.29, 0.717) is 11.5 Å². The molecule has 0 spiro atoms. The van der Waals surface area contributed by atoms with Gasteiger partial charge in [-0.2, -0.15) is 0 Å². The second-order valence-electron chi connectivity index (χ2n) is 7.43. The second kappa shape index (κ2) is 6.60. The van der Waals surface area contributed by atoms with Crippen LogP contribution in [0.15, 0.2) is 48.7 Å². The molecule has 1 aliphatic carbocycles. The van der Waals surface area contributed by atoms with E-state index >= 15 is 0 Å². The summed E-state index contributed by atoms with van der Waals surface area (Å²) in [4.78, 5) is 29.3. The minimum atomic E-state index is -0.367. The van der Waals surface area contributed by atoms with Crippen LogP contribution < -0.4 is 10.6 Å². The Labute approximate surface area is 167 Å². The number of amides is 2. The van der Waals surface area contributed by atoms with E-state index in [1.165, 1.54) is 12.8 Å². The molecule has 28 heavy (non-hydrogen) atoms. The lowest BCUT2D eigenvalue weighted by Gasteiger charge is -2.26. The van der Waals surface area contributed by atoms with Gasteiger partial charge in [-0.15, -0.1) is 0 Å². The Morgan fingerprint density at radius 3 is 2.79 bits per heavy atom. The van der Waals surface area contributed by atoms with E-state index in [0.717, 1.165) is 32.7 Å². The highest BCUT2D eigenvalue weighted by atomic mass is 35.5. The predicted octanol–water partition coefficient (Wildman–Crippen LogP) is 4.58. The molecule has 0 bridgehead atoms. The number of aromatic nitrogens is 1. The Morgan fingerprint density at radius 1 is 1.14 bits per heavy atom. The van der Waals surface area contributed by atoms with Gasteiger partial charge in [0.25, 0.3) is 5.91 Å². The van der Waals surface area contributed by atoms with E-state index in [1.807, 2.05) is 36.4 Å². The van der Waals surface area contributed by atoms with Gasteiger partial charge in [0.05, 0.1) is 23.5 Å². The molecule has 2 amide bonds. The Balaban J connectivity index is 1.43. The molecular formula is C22H18ClN3O2. The smallest absolute Gasteiger partial charge is 0.253 e. The number of anilines is 1. The predicted molar refractivity (Wildman–Crippen MR) is 109 cm³/mol. The van der Waals surface area contributed by atoms with Crippen LogP contribution in [0.4, 0.5) is 5.69 Å². The number of halogens is 1. The largest absolute Gasteiger partial charge is 0.345 e. The van der Waals surface area contributed by atoms with Crippen LogP contribution in [-0.2, 0) is 4.79 Å². The fourth-order valence-electron chi connectivity index (χ4n) is 3.78. The number of hydrogen-bond donors (Lipinski definition) is 2. The maximum Gasteiger partial charge on any atom is 0.253 e. The summed E-state index contributed by atoms with van der Waals surface area (Å²) in [6, 6.07) is 12.8. The molecule has 5 nitrogen and oxygen atoms in total. The molecule has 0 saturated heterocycles. The number of para-hydroxylation sites is 1. The van der Waals surface area contributed by atoms with E-state index < -0.39 is 0 Å². The van der Waals surface area contributed by atoms with Crippen LogP contribution >= 0.6 is 11.6 Å². The van der Waals surface area contributed by atoms with Gasteiger partial charge < -0.3 is 10.6 Å². The number of benzene rings is 2. The van der Waals surface area contributed by atoms with E-state index in [9.17, 15) is 9.59 Å². The monoisotopic (exact) mass is 391 g/mol. The third-order valence-corrected chi connectivity index (χ3v) is 5.71. The van der Waals surface area contributed by atoms with Gasteiger partial charge in [-0.3, -0.25) is 14.6 Å². The number of nitrogens with one attached hydrogen (secondary N) is 2. The zero-order valence-corrected chi connectivity index (χ0v) is 15.8. The Kier molecular flexibility index (Phi) is 4.05. The lowest BCUT2D eigenvalue weighted by Crippen LogP contribution is -2.35. The molecule has 2 heterocycles. The maximum absolute atomic E-state index is 12.8. The summed E-state index contributed by atoms with van der Waals surface area (Å²) < 4.78 is 0. The first kappa shape index (κ1) is 17.2. The van der Waals surface area contributed by atoms with Crippen molar-refractivity contribution in [3.8, 4) is 0 Å². The average Bonchev–Trinajstić information content (AvgIpc) is 3.52. The van der Waals surface area contributed by atoms with Crippen LogP contribution in [0.3, 0.4) is 0 Å². The number of nitrogens with zero attached hydrogens (tertiary/aromatic N) is 1. The summed E-state index contributed by atoms with van der Waals surface area (Å²) in [5.74, 6) is 0.172. The highest BCUT2D eigenvalue weighted by Gasteiger charge is 2.28. The van der Waals surface area contributed by atoms with Crippen LogP contribution in [0.5, 0.6) is 0 Å². The quantitative estimate of drug-likeness (QED) is 0.686. The fourth-order valence-corrected chi connectivity index (χ4v) is 4.10. The van der Waals surface area contributed by atoms with Crippen molar-refractivity contribution in [2.75, 3.05) is 5.32 Å².